The summed E-state index contributed by atoms with van der Waals surface area (Å²) >= 11 is 0. The first-order valence-electron chi connectivity index (χ1n) is 6.60. The molecule has 0 radical (unpaired) electrons. The van der Waals surface area contributed by atoms with Gasteiger partial charge in [0.25, 0.3) is 5.91 Å². The molecule has 2 rings (SSSR count). The van der Waals surface area contributed by atoms with Crippen molar-refractivity contribution in [3.05, 3.63) is 36.1 Å². The summed E-state index contributed by atoms with van der Waals surface area (Å²) < 4.78 is 5.32. The molecule has 5 nitrogen and oxygen atoms in total. The van der Waals surface area contributed by atoms with Crippen molar-refractivity contribution >= 4 is 22.8 Å². The predicted octanol–water partition coefficient (Wildman–Crippen LogP) is 2.81. The average Bonchev–Trinajstić information content (AvgIpc) is 2.82. The highest BCUT2D eigenvalue weighted by Gasteiger charge is 2.19. The molecule has 0 aliphatic heterocycles. The topological polar surface area (TPSA) is 79.5 Å². The lowest BCUT2D eigenvalue weighted by Gasteiger charge is -2.15. The Bertz CT molecular complexity index is 617. The Hall–Kier alpha value is -2.30. The van der Waals surface area contributed by atoms with E-state index in [9.17, 15) is 9.59 Å². The second-order valence-corrected chi connectivity index (χ2v) is 4.70. The van der Waals surface area contributed by atoms with Crippen molar-refractivity contribution in [2.75, 3.05) is 0 Å². The first kappa shape index (κ1) is 14.1. The van der Waals surface area contributed by atoms with E-state index in [1.807, 2.05) is 19.1 Å². The van der Waals surface area contributed by atoms with Crippen LogP contribution in [0.4, 0.5) is 0 Å². The lowest BCUT2D eigenvalue weighted by molar-refractivity contribution is -0.137. The van der Waals surface area contributed by atoms with Crippen molar-refractivity contribution in [3.8, 4) is 0 Å². The molecule has 2 N–H and O–H groups in total. The van der Waals surface area contributed by atoms with Crippen LogP contribution in [0.15, 0.2) is 34.9 Å². The van der Waals surface area contributed by atoms with Crippen molar-refractivity contribution in [1.82, 2.24) is 5.32 Å². The summed E-state index contributed by atoms with van der Waals surface area (Å²) in [7, 11) is 0. The standard InChI is InChI=1S/C15H17NO4/c1-2-5-10(8-14(17)18)16-15(19)12-9-20-13-7-4-3-6-11(12)13/h3-4,6-7,9-10H,2,5,8H2,1H3,(H,16,19)(H,17,18)/t10-/m1/s1. The van der Waals surface area contributed by atoms with Gasteiger partial charge in [-0.05, 0) is 12.5 Å². The molecule has 20 heavy (non-hydrogen) atoms. The van der Waals surface area contributed by atoms with Gasteiger partial charge in [0.05, 0.1) is 12.0 Å². The maximum atomic E-state index is 12.2. The third kappa shape index (κ3) is 3.17. The van der Waals surface area contributed by atoms with Crippen LogP contribution >= 0.6 is 0 Å². The minimum Gasteiger partial charge on any atom is -0.481 e. The fraction of sp³-hybridized carbons (Fsp3) is 0.333. The summed E-state index contributed by atoms with van der Waals surface area (Å²) in [5.74, 6) is -1.21. The smallest absolute Gasteiger partial charge is 0.305 e. The zero-order valence-corrected chi connectivity index (χ0v) is 11.3. The van der Waals surface area contributed by atoms with Gasteiger partial charge >= 0.3 is 5.97 Å². The van der Waals surface area contributed by atoms with Crippen molar-refractivity contribution < 1.29 is 19.1 Å². The van der Waals surface area contributed by atoms with Gasteiger partial charge in [-0.1, -0.05) is 31.5 Å². The SMILES string of the molecule is CCC[C@H](CC(=O)O)NC(=O)c1coc2ccccc12. The second-order valence-electron chi connectivity index (χ2n) is 4.70. The highest BCUT2D eigenvalue weighted by Crippen LogP contribution is 2.20. The Balaban J connectivity index is 2.15. The van der Waals surface area contributed by atoms with E-state index in [0.29, 0.717) is 17.6 Å². The van der Waals surface area contributed by atoms with Gasteiger partial charge in [-0.15, -0.1) is 0 Å². The van der Waals surface area contributed by atoms with E-state index < -0.39 is 5.97 Å². The number of nitrogens with one attached hydrogen (secondary N) is 1. The van der Waals surface area contributed by atoms with E-state index in [-0.39, 0.29) is 18.4 Å². The molecule has 0 aliphatic carbocycles. The van der Waals surface area contributed by atoms with Gasteiger partial charge in [-0.25, -0.2) is 0 Å². The summed E-state index contributed by atoms with van der Waals surface area (Å²) in [5, 5.41) is 12.4. The molecule has 106 valence electrons. The summed E-state index contributed by atoms with van der Waals surface area (Å²) in [4.78, 5) is 23.0. The van der Waals surface area contributed by atoms with Crippen LogP contribution in [0.1, 0.15) is 36.5 Å². The van der Waals surface area contributed by atoms with Gasteiger partial charge in [-0.2, -0.15) is 0 Å². The maximum Gasteiger partial charge on any atom is 0.305 e. The third-order valence-electron chi connectivity index (χ3n) is 3.12. The van der Waals surface area contributed by atoms with Crippen molar-refractivity contribution in [2.24, 2.45) is 0 Å². The lowest BCUT2D eigenvalue weighted by Crippen LogP contribution is -2.36. The van der Waals surface area contributed by atoms with Crippen LogP contribution in [0.25, 0.3) is 11.0 Å². The predicted molar refractivity (Wildman–Crippen MR) is 74.6 cm³/mol. The monoisotopic (exact) mass is 275 g/mol. The van der Waals surface area contributed by atoms with Crippen LogP contribution in [-0.4, -0.2) is 23.0 Å². The number of amides is 1. The van der Waals surface area contributed by atoms with E-state index in [2.05, 4.69) is 5.32 Å². The Kier molecular flexibility index (Phi) is 4.40. The van der Waals surface area contributed by atoms with Crippen molar-refractivity contribution in [1.29, 1.82) is 0 Å². The van der Waals surface area contributed by atoms with E-state index in [0.717, 1.165) is 11.8 Å². The van der Waals surface area contributed by atoms with Gasteiger partial charge < -0.3 is 14.8 Å². The molecule has 0 unspecified atom stereocenters. The van der Waals surface area contributed by atoms with Gasteiger partial charge in [-0.3, -0.25) is 9.59 Å². The second kappa shape index (κ2) is 6.23. The average molecular weight is 275 g/mol. The van der Waals surface area contributed by atoms with Gasteiger partial charge in [0, 0.05) is 11.4 Å². The minimum absolute atomic E-state index is 0.0740. The van der Waals surface area contributed by atoms with E-state index in [1.54, 1.807) is 12.1 Å². The molecule has 0 saturated heterocycles. The number of fused-ring (bicyclic) bond motifs is 1. The molecule has 1 heterocycles. The van der Waals surface area contributed by atoms with Crippen LogP contribution in [0.5, 0.6) is 0 Å². The summed E-state index contributed by atoms with van der Waals surface area (Å²) in [6.07, 6.45) is 2.78. The van der Waals surface area contributed by atoms with Crippen molar-refractivity contribution in [3.63, 3.8) is 0 Å². The number of carboxylic acids is 1. The maximum absolute atomic E-state index is 12.2. The normalized spacial score (nSPS) is 12.2. The molecular weight excluding hydrogens is 258 g/mol. The Morgan fingerprint density at radius 2 is 2.10 bits per heavy atom. The zero-order chi connectivity index (χ0) is 14.5. The molecular formula is C15H17NO4. The molecule has 5 heteroatoms. The van der Waals surface area contributed by atoms with Crippen LogP contribution in [0.3, 0.4) is 0 Å². The minimum atomic E-state index is -0.916. The molecule has 1 atom stereocenters. The molecule has 0 bridgehead atoms. The highest BCUT2D eigenvalue weighted by molar-refractivity contribution is 6.06. The molecule has 0 spiro atoms. The number of hydrogen-bond donors (Lipinski definition) is 2. The number of hydrogen-bond acceptors (Lipinski definition) is 3. The van der Waals surface area contributed by atoms with E-state index >= 15 is 0 Å². The molecule has 1 aromatic carbocycles. The van der Waals surface area contributed by atoms with Crippen molar-refractivity contribution in [2.45, 2.75) is 32.2 Å². The lowest BCUT2D eigenvalue weighted by atomic mass is 10.1. The fourth-order valence-corrected chi connectivity index (χ4v) is 2.20. The molecule has 1 amide bonds. The number of para-hydroxylation sites is 1. The number of aliphatic carboxylic acids is 1. The zero-order valence-electron chi connectivity index (χ0n) is 11.3. The van der Waals surface area contributed by atoms with Crippen LogP contribution < -0.4 is 5.32 Å². The molecule has 0 saturated carbocycles. The largest absolute Gasteiger partial charge is 0.481 e. The molecule has 0 fully saturated rings. The Labute approximate surface area is 116 Å². The van der Waals surface area contributed by atoms with E-state index in [4.69, 9.17) is 9.52 Å². The van der Waals surface area contributed by atoms with Gasteiger partial charge in [0.2, 0.25) is 0 Å². The van der Waals surface area contributed by atoms with Crippen LogP contribution in [0, 0.1) is 0 Å². The Morgan fingerprint density at radius 3 is 2.80 bits per heavy atom. The summed E-state index contributed by atoms with van der Waals surface area (Å²) in [6.45, 7) is 1.95. The van der Waals surface area contributed by atoms with Crippen LogP contribution in [-0.2, 0) is 4.79 Å². The summed E-state index contributed by atoms with van der Waals surface area (Å²) in [5.41, 5.74) is 1.08. The first-order chi connectivity index (χ1) is 9.61. The third-order valence-corrected chi connectivity index (χ3v) is 3.12. The first-order valence-corrected chi connectivity index (χ1v) is 6.60. The van der Waals surface area contributed by atoms with Crippen LogP contribution in [0.2, 0.25) is 0 Å². The number of furan rings is 1. The number of carboxylic acid groups (broad SMARTS) is 1. The molecule has 2 aromatic rings. The van der Waals surface area contributed by atoms with Gasteiger partial charge in [0.15, 0.2) is 0 Å². The number of benzene rings is 1. The summed E-state index contributed by atoms with van der Waals surface area (Å²) in [6, 6.07) is 6.89. The number of rotatable bonds is 6. The van der Waals surface area contributed by atoms with Gasteiger partial charge in [0.1, 0.15) is 11.8 Å². The Morgan fingerprint density at radius 1 is 1.35 bits per heavy atom. The molecule has 0 aliphatic rings. The number of carbonyl (C=O) groups is 2. The van der Waals surface area contributed by atoms with E-state index in [1.165, 1.54) is 6.26 Å². The number of carbonyl (C=O) groups excluding carboxylic acids is 1. The quantitative estimate of drug-likeness (QED) is 0.849. The fourth-order valence-electron chi connectivity index (χ4n) is 2.20. The highest BCUT2D eigenvalue weighted by atomic mass is 16.4. The molecule has 1 aromatic heterocycles.